The van der Waals surface area contributed by atoms with Crippen molar-refractivity contribution >= 4 is 11.6 Å². The number of nitrogens with two attached hydrogens (primary N) is 1. The van der Waals surface area contributed by atoms with Gasteiger partial charge in [-0.05, 0) is 38.5 Å². The summed E-state index contributed by atoms with van der Waals surface area (Å²) in [6, 6.07) is 3.41. The van der Waals surface area contributed by atoms with E-state index in [2.05, 4.69) is 15.1 Å². The van der Waals surface area contributed by atoms with Gasteiger partial charge in [0.15, 0.2) is 0 Å². The summed E-state index contributed by atoms with van der Waals surface area (Å²) in [7, 11) is 0. The zero-order chi connectivity index (χ0) is 26.9. The highest BCUT2D eigenvalue weighted by atomic mass is 16.7. The number of nitro benzene ring substituents is 1. The van der Waals surface area contributed by atoms with Crippen molar-refractivity contribution in [2.24, 2.45) is 5.73 Å². The van der Waals surface area contributed by atoms with Crippen molar-refractivity contribution in [2.75, 3.05) is 59.0 Å². The van der Waals surface area contributed by atoms with Crippen molar-refractivity contribution in [3.8, 4) is 5.75 Å². The fourth-order valence-electron chi connectivity index (χ4n) is 4.34. The average molecular weight is 528 g/mol. The second kappa shape index (κ2) is 13.9. The number of hydrogen-bond acceptors (Lipinski definition) is 12. The number of nitro groups is 1. The normalized spacial score (nSPS) is 27.1. The molecule has 0 aromatic heterocycles. The highest BCUT2D eigenvalue weighted by molar-refractivity contribution is 5.95. The van der Waals surface area contributed by atoms with Gasteiger partial charge in [-0.15, -0.1) is 0 Å². The summed E-state index contributed by atoms with van der Waals surface area (Å²) in [6.45, 7) is 6.08. The van der Waals surface area contributed by atoms with Crippen molar-refractivity contribution in [3.05, 3.63) is 33.9 Å². The number of aliphatic hydroxyl groups excluding tert-OH is 4. The van der Waals surface area contributed by atoms with Gasteiger partial charge in [0.25, 0.3) is 11.6 Å². The molecule has 1 aromatic carbocycles. The van der Waals surface area contributed by atoms with Gasteiger partial charge in [-0.2, -0.15) is 0 Å². The van der Waals surface area contributed by atoms with Crippen molar-refractivity contribution in [2.45, 2.75) is 43.5 Å². The topological polar surface area (TPSA) is 204 Å². The molecule has 3 rings (SSSR count). The van der Waals surface area contributed by atoms with Crippen LogP contribution in [0.15, 0.2) is 18.2 Å². The Balaban J connectivity index is 1.54. The molecule has 0 unspecified atom stereocenters. The molecule has 7 N–H and O–H groups in total. The van der Waals surface area contributed by atoms with E-state index < -0.39 is 53.8 Å². The summed E-state index contributed by atoms with van der Waals surface area (Å²) < 4.78 is 10.8. The van der Waals surface area contributed by atoms with E-state index in [0.717, 1.165) is 57.8 Å². The van der Waals surface area contributed by atoms with Crippen LogP contribution in [0.5, 0.6) is 5.75 Å². The Hall–Kier alpha value is -2.43. The molecule has 14 nitrogen and oxygen atoms in total. The Morgan fingerprint density at radius 3 is 2.32 bits per heavy atom. The van der Waals surface area contributed by atoms with Crippen LogP contribution in [0.25, 0.3) is 0 Å². The van der Waals surface area contributed by atoms with Crippen LogP contribution in [0.3, 0.4) is 0 Å². The second-order valence-electron chi connectivity index (χ2n) is 9.22. The van der Waals surface area contributed by atoms with Gasteiger partial charge in [0, 0.05) is 44.4 Å². The number of hydrogen-bond donors (Lipinski definition) is 6. The predicted octanol–water partition coefficient (Wildman–Crippen LogP) is -2.14. The Morgan fingerprint density at radius 2 is 1.73 bits per heavy atom. The Morgan fingerprint density at radius 1 is 1.08 bits per heavy atom. The highest BCUT2D eigenvalue weighted by Gasteiger charge is 2.44. The fraction of sp³-hybridized carbons (Fsp3) is 0.696. The number of non-ortho nitro benzene ring substituents is 1. The van der Waals surface area contributed by atoms with Crippen LogP contribution >= 0.6 is 0 Å². The third kappa shape index (κ3) is 8.02. The molecule has 1 aromatic rings. The number of benzene rings is 1. The number of ether oxygens (including phenoxy) is 2. The smallest absolute Gasteiger partial charge is 0.273 e. The van der Waals surface area contributed by atoms with Crippen molar-refractivity contribution in [3.63, 3.8) is 0 Å². The molecule has 0 aliphatic carbocycles. The molecule has 14 heteroatoms. The third-order valence-corrected chi connectivity index (χ3v) is 6.55. The van der Waals surface area contributed by atoms with Crippen LogP contribution in [0, 0.1) is 10.1 Å². The number of rotatable bonds is 12. The van der Waals surface area contributed by atoms with Gasteiger partial charge in [0.05, 0.1) is 17.6 Å². The third-order valence-electron chi connectivity index (χ3n) is 6.55. The van der Waals surface area contributed by atoms with Gasteiger partial charge >= 0.3 is 0 Å². The van der Waals surface area contributed by atoms with Crippen molar-refractivity contribution in [1.29, 1.82) is 0 Å². The van der Waals surface area contributed by atoms with E-state index in [1.165, 1.54) is 6.07 Å². The van der Waals surface area contributed by atoms with E-state index >= 15 is 0 Å². The number of piperazine rings is 1. The maximum absolute atomic E-state index is 12.7. The molecule has 0 bridgehead atoms. The molecule has 0 spiro atoms. The van der Waals surface area contributed by atoms with E-state index in [1.54, 1.807) is 0 Å². The SMILES string of the molecule is NCCCN1CCN(CCCNC(=O)c2cc(O[C@@H]3O[C@H](CO)[C@H](O)[C@H](O)[C@H]3O)cc([N+](=O)[O-])c2)CC1. The zero-order valence-corrected chi connectivity index (χ0v) is 20.6. The van der Waals surface area contributed by atoms with Gasteiger partial charge in [-0.25, -0.2) is 0 Å². The summed E-state index contributed by atoms with van der Waals surface area (Å²) in [6.07, 6.45) is -6.01. The number of nitrogens with zero attached hydrogens (tertiary/aromatic N) is 3. The number of carbonyl (C=O) groups excluding carboxylic acids is 1. The van der Waals surface area contributed by atoms with E-state index in [0.29, 0.717) is 19.5 Å². The minimum absolute atomic E-state index is 0.0256. The maximum Gasteiger partial charge on any atom is 0.273 e. The standard InChI is InChI=1S/C23H37N5O9/c24-3-1-5-26-7-9-27(10-8-26)6-2-4-25-22(33)15-11-16(28(34)35)13-17(12-15)36-23-21(32)20(31)19(30)18(14-29)37-23/h11-13,18-21,23,29-32H,1-10,14,24H2,(H,25,33)/t18-,19+,20+,21-,23-/m1/s1. The summed E-state index contributed by atoms with van der Waals surface area (Å²) in [5, 5.41) is 53.5. The molecule has 2 aliphatic rings. The van der Waals surface area contributed by atoms with Crippen LogP contribution in [-0.2, 0) is 4.74 Å². The summed E-state index contributed by atoms with van der Waals surface area (Å²) in [4.78, 5) is 28.1. The minimum atomic E-state index is -1.70. The number of carbonyl (C=O) groups is 1. The number of nitrogens with one attached hydrogen (secondary N) is 1. The highest BCUT2D eigenvalue weighted by Crippen LogP contribution is 2.28. The predicted molar refractivity (Wildman–Crippen MR) is 131 cm³/mol. The summed E-state index contributed by atoms with van der Waals surface area (Å²) >= 11 is 0. The quantitative estimate of drug-likeness (QED) is 0.0979. The van der Waals surface area contributed by atoms with Gasteiger partial charge < -0.3 is 50.8 Å². The molecular weight excluding hydrogens is 490 g/mol. The summed E-state index contributed by atoms with van der Waals surface area (Å²) in [5.74, 6) is -0.690. The van der Waals surface area contributed by atoms with Crippen molar-refractivity contribution < 1.29 is 39.6 Å². The molecule has 2 aliphatic heterocycles. The molecule has 2 saturated heterocycles. The first-order chi connectivity index (χ1) is 17.7. The molecule has 0 radical (unpaired) electrons. The maximum atomic E-state index is 12.7. The molecule has 5 atom stereocenters. The first-order valence-electron chi connectivity index (χ1n) is 12.4. The Bertz CT molecular complexity index is 897. The lowest BCUT2D eigenvalue weighted by atomic mass is 9.99. The average Bonchev–Trinajstić information content (AvgIpc) is 2.90. The van der Waals surface area contributed by atoms with Gasteiger partial charge in [-0.1, -0.05) is 0 Å². The molecule has 2 fully saturated rings. The second-order valence-corrected chi connectivity index (χ2v) is 9.22. The number of aliphatic hydroxyl groups is 4. The number of amides is 1. The summed E-state index contributed by atoms with van der Waals surface area (Å²) in [5.41, 5.74) is 5.12. The van der Waals surface area contributed by atoms with Crippen LogP contribution in [0.4, 0.5) is 5.69 Å². The Kier molecular flexibility index (Phi) is 11.0. The minimum Gasteiger partial charge on any atom is -0.462 e. The van der Waals surface area contributed by atoms with E-state index in [-0.39, 0.29) is 11.3 Å². The largest absolute Gasteiger partial charge is 0.462 e. The van der Waals surface area contributed by atoms with Gasteiger partial charge in [-0.3, -0.25) is 14.9 Å². The van der Waals surface area contributed by atoms with Crippen molar-refractivity contribution in [1.82, 2.24) is 15.1 Å². The molecule has 0 saturated carbocycles. The molecule has 1 amide bonds. The monoisotopic (exact) mass is 527 g/mol. The van der Waals surface area contributed by atoms with Crippen LogP contribution in [0.2, 0.25) is 0 Å². The van der Waals surface area contributed by atoms with Crippen LogP contribution in [-0.4, -0.2) is 131 Å². The van der Waals surface area contributed by atoms with E-state index in [4.69, 9.17) is 15.2 Å². The zero-order valence-electron chi connectivity index (χ0n) is 20.6. The molecular formula is C23H37N5O9. The molecule has 208 valence electrons. The molecule has 2 heterocycles. The van der Waals surface area contributed by atoms with E-state index in [9.17, 15) is 35.3 Å². The van der Waals surface area contributed by atoms with E-state index in [1.807, 2.05) is 0 Å². The Labute approximate surface area is 214 Å². The van der Waals surface area contributed by atoms with Crippen LogP contribution in [0.1, 0.15) is 23.2 Å². The fourth-order valence-corrected chi connectivity index (χ4v) is 4.34. The lowest BCUT2D eigenvalue weighted by Crippen LogP contribution is -2.60. The van der Waals surface area contributed by atoms with Gasteiger partial charge in [0.2, 0.25) is 6.29 Å². The lowest BCUT2D eigenvalue weighted by molar-refractivity contribution is -0.385. The first-order valence-corrected chi connectivity index (χ1v) is 12.4. The van der Waals surface area contributed by atoms with Crippen LogP contribution < -0.4 is 15.8 Å². The lowest BCUT2D eigenvalue weighted by Gasteiger charge is -2.39. The first kappa shape index (κ1) is 29.1. The molecule has 37 heavy (non-hydrogen) atoms. The van der Waals surface area contributed by atoms with Gasteiger partial charge in [0.1, 0.15) is 30.2 Å².